The first-order valence-electron chi connectivity index (χ1n) is 8.60. The number of hydrogen-bond donors (Lipinski definition) is 1. The zero-order valence-electron chi connectivity index (χ0n) is 15.0. The van der Waals surface area contributed by atoms with Gasteiger partial charge in [0.25, 0.3) is 0 Å². The van der Waals surface area contributed by atoms with Crippen LogP contribution in [0.5, 0.6) is 0 Å². The fourth-order valence-corrected chi connectivity index (χ4v) is 3.14. The molecule has 0 atom stereocenters. The summed E-state index contributed by atoms with van der Waals surface area (Å²) in [5.74, 6) is 0.127. The predicted molar refractivity (Wildman–Crippen MR) is 102 cm³/mol. The molecule has 3 heteroatoms. The zero-order valence-corrected chi connectivity index (χ0v) is 15.0. The molecule has 0 aliphatic rings. The van der Waals surface area contributed by atoms with Crippen LogP contribution in [0.2, 0.25) is 0 Å². The minimum Gasteiger partial charge on any atom is -0.318 e. The Bertz CT molecular complexity index is 861. The van der Waals surface area contributed by atoms with Gasteiger partial charge in [0.05, 0.1) is 6.54 Å². The van der Waals surface area contributed by atoms with Crippen molar-refractivity contribution in [3.8, 4) is 5.69 Å². The largest absolute Gasteiger partial charge is 0.318 e. The van der Waals surface area contributed by atoms with E-state index in [4.69, 9.17) is 0 Å². The molecule has 3 nitrogen and oxygen atoms in total. The molecule has 25 heavy (non-hydrogen) atoms. The molecule has 0 amide bonds. The summed E-state index contributed by atoms with van der Waals surface area (Å²) < 4.78 is 2.13. The highest BCUT2D eigenvalue weighted by molar-refractivity contribution is 5.99. The lowest BCUT2D eigenvalue weighted by molar-refractivity contribution is 0.0990. The summed E-state index contributed by atoms with van der Waals surface area (Å²) in [4.78, 5) is 12.6. The molecule has 0 saturated heterocycles. The van der Waals surface area contributed by atoms with E-state index in [9.17, 15) is 4.79 Å². The van der Waals surface area contributed by atoms with Gasteiger partial charge in [-0.1, -0.05) is 48.0 Å². The van der Waals surface area contributed by atoms with Crippen LogP contribution in [0.1, 0.15) is 32.9 Å². The van der Waals surface area contributed by atoms with E-state index in [0.717, 1.165) is 22.6 Å². The molecule has 128 valence electrons. The number of aromatic nitrogens is 1. The standard InChI is InChI=1S/C22H24N2O/c1-16-9-11-19(12-10-16)14-23-15-22(25)21-13-17(2)24(18(21)3)20-7-5-4-6-8-20/h4-13,23H,14-15H2,1-3H3. The number of benzene rings is 2. The Hall–Kier alpha value is -2.65. The van der Waals surface area contributed by atoms with Gasteiger partial charge in [0.1, 0.15) is 0 Å². The van der Waals surface area contributed by atoms with Crippen molar-refractivity contribution in [1.82, 2.24) is 9.88 Å². The van der Waals surface area contributed by atoms with Crippen molar-refractivity contribution in [3.63, 3.8) is 0 Å². The van der Waals surface area contributed by atoms with Gasteiger partial charge in [0, 0.05) is 29.2 Å². The van der Waals surface area contributed by atoms with Crippen molar-refractivity contribution in [1.29, 1.82) is 0 Å². The molecule has 0 radical (unpaired) electrons. The first-order valence-corrected chi connectivity index (χ1v) is 8.60. The lowest BCUT2D eigenvalue weighted by Gasteiger charge is -2.10. The Labute approximate surface area is 149 Å². The van der Waals surface area contributed by atoms with E-state index in [1.54, 1.807) is 0 Å². The van der Waals surface area contributed by atoms with Gasteiger partial charge >= 0.3 is 0 Å². The number of ketones is 1. The summed E-state index contributed by atoms with van der Waals surface area (Å²) in [6, 6.07) is 20.5. The number of rotatable bonds is 6. The normalized spacial score (nSPS) is 10.8. The fourth-order valence-electron chi connectivity index (χ4n) is 3.14. The van der Waals surface area contributed by atoms with Gasteiger partial charge in [-0.3, -0.25) is 4.79 Å². The second kappa shape index (κ2) is 7.49. The van der Waals surface area contributed by atoms with Gasteiger partial charge in [-0.15, -0.1) is 0 Å². The van der Waals surface area contributed by atoms with Crippen molar-refractivity contribution >= 4 is 5.78 Å². The minimum atomic E-state index is 0.127. The van der Waals surface area contributed by atoms with Gasteiger partial charge < -0.3 is 9.88 Å². The maximum atomic E-state index is 12.6. The number of aryl methyl sites for hydroxylation is 2. The predicted octanol–water partition coefficient (Wildman–Crippen LogP) is 4.38. The maximum absolute atomic E-state index is 12.6. The zero-order chi connectivity index (χ0) is 17.8. The van der Waals surface area contributed by atoms with E-state index >= 15 is 0 Å². The summed E-state index contributed by atoms with van der Waals surface area (Å²) >= 11 is 0. The highest BCUT2D eigenvalue weighted by atomic mass is 16.1. The van der Waals surface area contributed by atoms with Crippen molar-refractivity contribution in [2.45, 2.75) is 27.3 Å². The summed E-state index contributed by atoms with van der Waals surface area (Å²) in [6.07, 6.45) is 0. The topological polar surface area (TPSA) is 34.0 Å². The van der Waals surface area contributed by atoms with Crippen LogP contribution in [-0.2, 0) is 6.54 Å². The second-order valence-corrected chi connectivity index (χ2v) is 6.47. The Balaban J connectivity index is 1.69. The van der Waals surface area contributed by atoms with E-state index < -0.39 is 0 Å². The molecular weight excluding hydrogens is 308 g/mol. The third kappa shape index (κ3) is 3.89. The smallest absolute Gasteiger partial charge is 0.178 e. The van der Waals surface area contributed by atoms with Crippen molar-refractivity contribution in [2.24, 2.45) is 0 Å². The van der Waals surface area contributed by atoms with Crippen LogP contribution >= 0.6 is 0 Å². The summed E-state index contributed by atoms with van der Waals surface area (Å²) in [5, 5.41) is 3.26. The van der Waals surface area contributed by atoms with E-state index in [1.165, 1.54) is 11.1 Å². The molecule has 3 aromatic rings. The Morgan fingerprint density at radius 2 is 1.64 bits per heavy atom. The Kier molecular flexibility index (Phi) is 5.15. The van der Waals surface area contributed by atoms with Crippen LogP contribution in [0.25, 0.3) is 5.69 Å². The van der Waals surface area contributed by atoms with Gasteiger partial charge in [0.2, 0.25) is 0 Å². The number of carbonyl (C=O) groups is 1. The molecule has 1 N–H and O–H groups in total. The fraction of sp³-hybridized carbons (Fsp3) is 0.227. The van der Waals surface area contributed by atoms with Crippen LogP contribution in [0.3, 0.4) is 0 Å². The molecule has 0 bridgehead atoms. The SMILES string of the molecule is Cc1ccc(CNCC(=O)c2cc(C)n(-c3ccccc3)c2C)cc1. The highest BCUT2D eigenvalue weighted by Gasteiger charge is 2.16. The molecule has 3 rings (SSSR count). The first kappa shape index (κ1) is 17.2. The van der Waals surface area contributed by atoms with E-state index in [0.29, 0.717) is 13.1 Å². The van der Waals surface area contributed by atoms with Crippen LogP contribution in [0.15, 0.2) is 60.7 Å². The third-order valence-corrected chi connectivity index (χ3v) is 4.48. The van der Waals surface area contributed by atoms with E-state index in [-0.39, 0.29) is 5.78 Å². The second-order valence-electron chi connectivity index (χ2n) is 6.47. The van der Waals surface area contributed by atoms with Gasteiger partial charge in [-0.25, -0.2) is 0 Å². The molecule has 0 unspecified atom stereocenters. The van der Waals surface area contributed by atoms with Crippen LogP contribution < -0.4 is 5.32 Å². The Morgan fingerprint density at radius 1 is 0.960 bits per heavy atom. The molecule has 0 saturated carbocycles. The average molecular weight is 332 g/mol. The van der Waals surface area contributed by atoms with Gasteiger partial charge in [-0.05, 0) is 44.5 Å². The molecule has 0 aliphatic carbocycles. The quantitative estimate of drug-likeness (QED) is 0.680. The van der Waals surface area contributed by atoms with Gasteiger partial charge in [-0.2, -0.15) is 0 Å². The minimum absolute atomic E-state index is 0.127. The number of nitrogens with zero attached hydrogens (tertiary/aromatic N) is 1. The third-order valence-electron chi connectivity index (χ3n) is 4.48. The van der Waals surface area contributed by atoms with Crippen LogP contribution in [0.4, 0.5) is 0 Å². The molecule has 1 heterocycles. The number of hydrogen-bond acceptors (Lipinski definition) is 2. The number of carbonyl (C=O) groups excluding carboxylic acids is 1. The molecule has 0 aliphatic heterocycles. The van der Waals surface area contributed by atoms with Crippen molar-refractivity contribution < 1.29 is 4.79 Å². The van der Waals surface area contributed by atoms with E-state index in [2.05, 4.69) is 53.2 Å². The molecule has 1 aromatic heterocycles. The highest BCUT2D eigenvalue weighted by Crippen LogP contribution is 2.21. The summed E-state index contributed by atoms with van der Waals surface area (Å²) in [7, 11) is 0. The van der Waals surface area contributed by atoms with Crippen molar-refractivity contribution in [2.75, 3.05) is 6.54 Å². The maximum Gasteiger partial charge on any atom is 0.178 e. The molecule has 0 fully saturated rings. The van der Waals surface area contributed by atoms with E-state index in [1.807, 2.05) is 38.1 Å². The van der Waals surface area contributed by atoms with Crippen LogP contribution in [0, 0.1) is 20.8 Å². The first-order chi connectivity index (χ1) is 12.1. The Morgan fingerprint density at radius 3 is 2.32 bits per heavy atom. The number of para-hydroxylation sites is 1. The molecule has 2 aromatic carbocycles. The lowest BCUT2D eigenvalue weighted by atomic mass is 10.1. The van der Waals surface area contributed by atoms with Crippen molar-refractivity contribution in [3.05, 3.63) is 88.7 Å². The lowest BCUT2D eigenvalue weighted by Crippen LogP contribution is -2.23. The van der Waals surface area contributed by atoms with Gasteiger partial charge in [0.15, 0.2) is 5.78 Å². The molecule has 0 spiro atoms. The molecular formula is C22H24N2O. The number of Topliss-reactive ketones (excluding diaryl/α,β-unsaturated/α-hetero) is 1. The summed E-state index contributed by atoms with van der Waals surface area (Å²) in [5.41, 5.74) is 6.37. The summed E-state index contributed by atoms with van der Waals surface area (Å²) in [6.45, 7) is 7.16. The monoisotopic (exact) mass is 332 g/mol. The number of nitrogens with one attached hydrogen (secondary N) is 1. The van der Waals surface area contributed by atoms with Crippen LogP contribution in [-0.4, -0.2) is 16.9 Å². The average Bonchev–Trinajstić information content (AvgIpc) is 2.92.